The summed E-state index contributed by atoms with van der Waals surface area (Å²) in [5.74, 6) is 0.0395. The molecule has 0 bridgehead atoms. The van der Waals surface area contributed by atoms with Gasteiger partial charge >= 0.3 is 0 Å². The quantitative estimate of drug-likeness (QED) is 0.799. The van der Waals surface area contributed by atoms with E-state index in [-0.39, 0.29) is 18.3 Å². The van der Waals surface area contributed by atoms with Crippen molar-refractivity contribution in [3.05, 3.63) is 21.3 Å². The number of carbonyl (C=O) groups excluding carboxylic acids is 1. The highest BCUT2D eigenvalue weighted by atomic mass is 79.9. The molecule has 0 aliphatic carbocycles. The van der Waals surface area contributed by atoms with Crippen LogP contribution in [0.15, 0.2) is 21.3 Å². The zero-order valence-electron chi connectivity index (χ0n) is 11.1. The Morgan fingerprint density at radius 1 is 1.48 bits per heavy atom. The number of amides is 1. The highest BCUT2D eigenvalue weighted by Crippen LogP contribution is 2.32. The van der Waals surface area contributed by atoms with E-state index < -0.39 is 0 Å². The lowest BCUT2D eigenvalue weighted by Crippen LogP contribution is -2.27. The van der Waals surface area contributed by atoms with Gasteiger partial charge in [-0.25, -0.2) is 4.98 Å². The van der Waals surface area contributed by atoms with E-state index in [1.807, 2.05) is 16.8 Å². The molecule has 0 spiro atoms. The van der Waals surface area contributed by atoms with Crippen LogP contribution in [0, 0.1) is 0 Å². The maximum absolute atomic E-state index is 11.9. The number of nitrogens with zero attached hydrogens (tertiary/aromatic N) is 1. The average Bonchev–Trinajstić information content (AvgIpc) is 3.10. The Morgan fingerprint density at radius 2 is 2.33 bits per heavy atom. The fourth-order valence-corrected chi connectivity index (χ4v) is 4.41. The van der Waals surface area contributed by atoms with Gasteiger partial charge < -0.3 is 10.6 Å². The molecule has 8 heteroatoms. The summed E-state index contributed by atoms with van der Waals surface area (Å²) in [7, 11) is 0. The largest absolute Gasteiger partial charge is 0.313 e. The minimum Gasteiger partial charge on any atom is -0.313 e. The fourth-order valence-electron chi connectivity index (χ4n) is 2.22. The molecule has 1 amide bonds. The standard InChI is InChI=1S/C13H14BrN3OS2.ClH/c14-8-4-11(19-6-8)10-7-20-13(16-10)17-12(18)5-9-2-1-3-15-9;/h4,6-7,9,15H,1-3,5H2,(H,16,17,18);1H. The summed E-state index contributed by atoms with van der Waals surface area (Å²) < 4.78 is 1.06. The molecular weight excluding hydrogens is 394 g/mol. The molecule has 3 heterocycles. The van der Waals surface area contributed by atoms with Crippen LogP contribution in [0.1, 0.15) is 19.3 Å². The van der Waals surface area contributed by atoms with E-state index in [0.717, 1.165) is 34.4 Å². The molecule has 1 fully saturated rings. The van der Waals surface area contributed by atoms with Crippen molar-refractivity contribution in [2.45, 2.75) is 25.3 Å². The normalized spacial score (nSPS) is 17.5. The van der Waals surface area contributed by atoms with Gasteiger partial charge in [-0.3, -0.25) is 4.79 Å². The van der Waals surface area contributed by atoms with Crippen molar-refractivity contribution in [2.75, 3.05) is 11.9 Å². The maximum atomic E-state index is 11.9. The molecule has 1 saturated heterocycles. The van der Waals surface area contributed by atoms with Crippen molar-refractivity contribution in [1.82, 2.24) is 10.3 Å². The van der Waals surface area contributed by atoms with Gasteiger partial charge in [-0.05, 0) is 41.4 Å². The van der Waals surface area contributed by atoms with Gasteiger partial charge in [0.2, 0.25) is 5.91 Å². The van der Waals surface area contributed by atoms with E-state index in [1.165, 1.54) is 11.3 Å². The first-order valence-corrected chi connectivity index (χ1v) is 8.99. The highest BCUT2D eigenvalue weighted by Gasteiger charge is 2.18. The number of hydrogen-bond acceptors (Lipinski definition) is 5. The monoisotopic (exact) mass is 407 g/mol. The smallest absolute Gasteiger partial charge is 0.227 e. The van der Waals surface area contributed by atoms with E-state index in [9.17, 15) is 4.79 Å². The molecule has 1 atom stereocenters. The van der Waals surface area contributed by atoms with Gasteiger partial charge in [0.1, 0.15) is 0 Å². The first-order chi connectivity index (χ1) is 9.70. The second-order valence-corrected chi connectivity index (χ2v) is 7.40. The van der Waals surface area contributed by atoms with E-state index in [2.05, 4.69) is 31.5 Å². The third-order valence-corrected chi connectivity index (χ3v) is 5.64. The Hall–Kier alpha value is -0.470. The van der Waals surface area contributed by atoms with Crippen LogP contribution in [0.3, 0.4) is 0 Å². The van der Waals surface area contributed by atoms with E-state index in [4.69, 9.17) is 0 Å². The lowest BCUT2D eigenvalue weighted by Gasteiger charge is -2.08. The number of aromatic nitrogens is 1. The molecular formula is C13H15BrClN3OS2. The minimum atomic E-state index is 0. The predicted molar refractivity (Wildman–Crippen MR) is 94.6 cm³/mol. The number of rotatable bonds is 4. The second kappa shape index (κ2) is 7.69. The first kappa shape index (κ1) is 16.9. The molecule has 1 unspecified atom stereocenters. The SMILES string of the molecule is Cl.O=C(CC1CCCN1)Nc1nc(-c2cc(Br)cs2)cs1. The molecule has 0 saturated carbocycles. The zero-order chi connectivity index (χ0) is 13.9. The number of thiazole rings is 1. The van der Waals surface area contributed by atoms with Crippen molar-refractivity contribution < 1.29 is 4.79 Å². The summed E-state index contributed by atoms with van der Waals surface area (Å²) in [5, 5.41) is 10.9. The van der Waals surface area contributed by atoms with Crippen molar-refractivity contribution in [3.8, 4) is 10.6 Å². The van der Waals surface area contributed by atoms with Crippen LogP contribution in [-0.4, -0.2) is 23.5 Å². The maximum Gasteiger partial charge on any atom is 0.227 e. The second-order valence-electron chi connectivity index (χ2n) is 4.71. The summed E-state index contributed by atoms with van der Waals surface area (Å²) in [5.41, 5.74) is 0.917. The molecule has 2 N–H and O–H groups in total. The van der Waals surface area contributed by atoms with Gasteiger partial charge in [0.25, 0.3) is 0 Å². The van der Waals surface area contributed by atoms with Crippen LogP contribution < -0.4 is 10.6 Å². The number of anilines is 1. The number of halogens is 2. The van der Waals surface area contributed by atoms with Crippen LogP contribution in [0.2, 0.25) is 0 Å². The fraction of sp³-hybridized carbons (Fsp3) is 0.385. The molecule has 3 rings (SSSR count). The Bertz CT molecular complexity index is 610. The van der Waals surface area contributed by atoms with Crippen molar-refractivity contribution in [2.24, 2.45) is 0 Å². The molecule has 0 radical (unpaired) electrons. The first-order valence-electron chi connectivity index (χ1n) is 6.44. The summed E-state index contributed by atoms with van der Waals surface area (Å²) in [6.07, 6.45) is 2.77. The van der Waals surface area contributed by atoms with Gasteiger partial charge in [-0.15, -0.1) is 35.1 Å². The summed E-state index contributed by atoms with van der Waals surface area (Å²) in [6.45, 7) is 1.02. The van der Waals surface area contributed by atoms with Crippen LogP contribution in [-0.2, 0) is 4.79 Å². The van der Waals surface area contributed by atoms with Crippen LogP contribution in [0.25, 0.3) is 10.6 Å². The Kier molecular flexibility index (Phi) is 6.19. The zero-order valence-corrected chi connectivity index (χ0v) is 15.1. The molecule has 4 nitrogen and oxygen atoms in total. The molecule has 2 aromatic rings. The van der Waals surface area contributed by atoms with Crippen LogP contribution in [0.4, 0.5) is 5.13 Å². The van der Waals surface area contributed by atoms with Gasteiger partial charge in [0, 0.05) is 27.7 Å². The van der Waals surface area contributed by atoms with Gasteiger partial charge in [-0.2, -0.15) is 0 Å². The number of thiophene rings is 1. The Labute approximate surface area is 145 Å². The molecule has 1 aliphatic rings. The molecule has 1 aliphatic heterocycles. The van der Waals surface area contributed by atoms with E-state index >= 15 is 0 Å². The topological polar surface area (TPSA) is 54.0 Å². The van der Waals surface area contributed by atoms with Gasteiger partial charge in [-0.1, -0.05) is 0 Å². The van der Waals surface area contributed by atoms with E-state index in [1.54, 1.807) is 11.3 Å². The average molecular weight is 409 g/mol. The lowest BCUT2D eigenvalue weighted by atomic mass is 10.1. The Morgan fingerprint density at radius 3 is 3.00 bits per heavy atom. The van der Waals surface area contributed by atoms with Crippen molar-refractivity contribution in [1.29, 1.82) is 0 Å². The molecule has 0 aromatic carbocycles. The molecule has 114 valence electrons. The highest BCUT2D eigenvalue weighted by molar-refractivity contribution is 9.10. The van der Waals surface area contributed by atoms with Crippen LogP contribution >= 0.6 is 51.0 Å². The Balaban J connectivity index is 0.00000161. The summed E-state index contributed by atoms with van der Waals surface area (Å²) >= 11 is 6.54. The molecule has 21 heavy (non-hydrogen) atoms. The summed E-state index contributed by atoms with van der Waals surface area (Å²) in [4.78, 5) is 17.5. The third kappa shape index (κ3) is 4.50. The number of carbonyl (C=O) groups is 1. The predicted octanol–water partition coefficient (Wildman–Crippen LogP) is 4.14. The van der Waals surface area contributed by atoms with Crippen LogP contribution in [0.5, 0.6) is 0 Å². The van der Waals surface area contributed by atoms with Crippen molar-refractivity contribution >= 4 is 62.0 Å². The number of hydrogen-bond donors (Lipinski definition) is 2. The molecule has 2 aromatic heterocycles. The lowest BCUT2D eigenvalue weighted by molar-refractivity contribution is -0.116. The minimum absolute atomic E-state index is 0. The van der Waals surface area contributed by atoms with Crippen molar-refractivity contribution in [3.63, 3.8) is 0 Å². The van der Waals surface area contributed by atoms with Gasteiger partial charge in [0.15, 0.2) is 5.13 Å². The summed E-state index contributed by atoms with van der Waals surface area (Å²) in [6, 6.07) is 2.36. The van der Waals surface area contributed by atoms with Gasteiger partial charge in [0.05, 0.1) is 10.6 Å². The number of nitrogens with one attached hydrogen (secondary N) is 2. The third-order valence-electron chi connectivity index (χ3n) is 3.16. The van der Waals surface area contributed by atoms with E-state index in [0.29, 0.717) is 17.6 Å².